The molecule has 0 aliphatic heterocycles. The first-order valence-electron chi connectivity index (χ1n) is 5.91. The first-order chi connectivity index (χ1) is 7.75. The van der Waals surface area contributed by atoms with Crippen LogP contribution in [0.25, 0.3) is 0 Å². The van der Waals surface area contributed by atoms with Crippen LogP contribution in [0.4, 0.5) is 5.69 Å². The van der Waals surface area contributed by atoms with Gasteiger partial charge in [0.15, 0.2) is 0 Å². The molecule has 0 fully saturated rings. The molecular formula is C14H18BrN. The molecule has 86 valence electrons. The number of rotatable bonds is 3. The van der Waals surface area contributed by atoms with Crippen LogP contribution in [0.2, 0.25) is 0 Å². The van der Waals surface area contributed by atoms with E-state index < -0.39 is 0 Å². The summed E-state index contributed by atoms with van der Waals surface area (Å²) in [6.45, 7) is 3.20. The van der Waals surface area contributed by atoms with E-state index in [9.17, 15) is 0 Å². The fourth-order valence-corrected chi connectivity index (χ4v) is 2.46. The summed E-state index contributed by atoms with van der Waals surface area (Å²) in [6.07, 6.45) is 8.37. The molecule has 0 bridgehead atoms. The molecule has 1 atom stereocenters. The van der Waals surface area contributed by atoms with Crippen molar-refractivity contribution >= 4 is 21.6 Å². The van der Waals surface area contributed by atoms with E-state index in [0.717, 1.165) is 16.9 Å². The molecule has 1 nitrogen and oxygen atoms in total. The number of hydrogen-bond acceptors (Lipinski definition) is 1. The van der Waals surface area contributed by atoms with Gasteiger partial charge in [0.05, 0.1) is 0 Å². The van der Waals surface area contributed by atoms with Gasteiger partial charge in [0, 0.05) is 16.7 Å². The highest BCUT2D eigenvalue weighted by Crippen LogP contribution is 2.25. The molecule has 0 heterocycles. The maximum atomic E-state index is 3.58. The zero-order valence-corrected chi connectivity index (χ0v) is 11.3. The molecule has 16 heavy (non-hydrogen) atoms. The summed E-state index contributed by atoms with van der Waals surface area (Å²) in [4.78, 5) is 0. The number of halogens is 1. The fraction of sp³-hybridized carbons (Fsp3) is 0.429. The number of benzene rings is 1. The molecule has 1 unspecified atom stereocenters. The quantitative estimate of drug-likeness (QED) is 0.802. The highest BCUT2D eigenvalue weighted by molar-refractivity contribution is 9.10. The predicted octanol–water partition coefficient (Wildman–Crippen LogP) is 4.53. The van der Waals surface area contributed by atoms with Gasteiger partial charge in [-0.15, -0.1) is 0 Å². The highest BCUT2D eigenvalue weighted by Gasteiger charge is 2.10. The van der Waals surface area contributed by atoms with Crippen LogP contribution >= 0.6 is 15.9 Å². The largest absolute Gasteiger partial charge is 0.384 e. The minimum atomic E-state index is 0.789. The van der Waals surface area contributed by atoms with Gasteiger partial charge in [0.1, 0.15) is 0 Å². The SMILES string of the molecule is Cc1ccc(Br)c(NCC2CC=CCC2)c1. The monoisotopic (exact) mass is 279 g/mol. The van der Waals surface area contributed by atoms with Crippen LogP contribution in [0.5, 0.6) is 0 Å². The second-order valence-corrected chi connectivity index (χ2v) is 5.37. The van der Waals surface area contributed by atoms with Crippen molar-refractivity contribution < 1.29 is 0 Å². The number of hydrogen-bond donors (Lipinski definition) is 1. The summed E-state index contributed by atoms with van der Waals surface area (Å²) in [5, 5.41) is 3.54. The lowest BCUT2D eigenvalue weighted by Gasteiger charge is -2.19. The third kappa shape index (κ3) is 3.11. The van der Waals surface area contributed by atoms with E-state index in [1.54, 1.807) is 0 Å². The van der Waals surface area contributed by atoms with Crippen LogP contribution in [0.1, 0.15) is 24.8 Å². The van der Waals surface area contributed by atoms with Crippen LogP contribution in [0, 0.1) is 12.8 Å². The molecule has 2 heteroatoms. The van der Waals surface area contributed by atoms with Crippen molar-refractivity contribution in [1.82, 2.24) is 0 Å². The first kappa shape index (κ1) is 11.7. The van der Waals surface area contributed by atoms with E-state index in [1.807, 2.05) is 0 Å². The fourth-order valence-electron chi connectivity index (χ4n) is 2.07. The number of aryl methyl sites for hydroxylation is 1. The second-order valence-electron chi connectivity index (χ2n) is 4.51. The van der Waals surface area contributed by atoms with Gasteiger partial charge in [-0.05, 0) is 65.7 Å². The van der Waals surface area contributed by atoms with Crippen LogP contribution in [-0.4, -0.2) is 6.54 Å². The summed E-state index contributed by atoms with van der Waals surface area (Å²) < 4.78 is 1.16. The van der Waals surface area contributed by atoms with Gasteiger partial charge >= 0.3 is 0 Å². The molecule has 1 aliphatic rings. The van der Waals surface area contributed by atoms with Crippen molar-refractivity contribution in [1.29, 1.82) is 0 Å². The topological polar surface area (TPSA) is 12.0 Å². The van der Waals surface area contributed by atoms with E-state index in [4.69, 9.17) is 0 Å². The highest BCUT2D eigenvalue weighted by atomic mass is 79.9. The van der Waals surface area contributed by atoms with Gasteiger partial charge in [-0.25, -0.2) is 0 Å². The van der Waals surface area contributed by atoms with E-state index in [-0.39, 0.29) is 0 Å². The van der Waals surface area contributed by atoms with Crippen molar-refractivity contribution in [3.63, 3.8) is 0 Å². The Bertz CT molecular complexity index is 384. The van der Waals surface area contributed by atoms with E-state index >= 15 is 0 Å². The number of nitrogens with one attached hydrogen (secondary N) is 1. The van der Waals surface area contributed by atoms with Gasteiger partial charge in [0.2, 0.25) is 0 Å². The Balaban J connectivity index is 1.93. The van der Waals surface area contributed by atoms with E-state index in [2.05, 4.69) is 58.5 Å². The minimum absolute atomic E-state index is 0.789. The van der Waals surface area contributed by atoms with Gasteiger partial charge in [-0.1, -0.05) is 18.2 Å². The van der Waals surface area contributed by atoms with E-state index in [0.29, 0.717) is 0 Å². The molecule has 0 spiro atoms. The average molecular weight is 280 g/mol. The molecule has 1 N–H and O–H groups in total. The second kappa shape index (κ2) is 5.53. The van der Waals surface area contributed by atoms with Crippen molar-refractivity contribution in [2.75, 3.05) is 11.9 Å². The van der Waals surface area contributed by atoms with Crippen LogP contribution < -0.4 is 5.32 Å². The Kier molecular flexibility index (Phi) is 4.05. The Labute approximate surface area is 106 Å². The maximum Gasteiger partial charge on any atom is 0.0487 e. The van der Waals surface area contributed by atoms with Gasteiger partial charge < -0.3 is 5.32 Å². The number of allylic oxidation sites excluding steroid dienone is 2. The summed E-state index contributed by atoms with van der Waals surface area (Å²) in [7, 11) is 0. The van der Waals surface area contributed by atoms with E-state index in [1.165, 1.54) is 30.5 Å². The molecule has 0 aromatic heterocycles. The van der Waals surface area contributed by atoms with Gasteiger partial charge in [0.25, 0.3) is 0 Å². The molecule has 2 rings (SSSR count). The molecule has 0 saturated carbocycles. The third-order valence-corrected chi connectivity index (χ3v) is 3.77. The molecule has 1 aromatic carbocycles. The minimum Gasteiger partial charge on any atom is -0.384 e. The smallest absolute Gasteiger partial charge is 0.0487 e. The van der Waals surface area contributed by atoms with Gasteiger partial charge in [-0.3, -0.25) is 0 Å². The lowest BCUT2D eigenvalue weighted by Crippen LogP contribution is -2.15. The lowest BCUT2D eigenvalue weighted by molar-refractivity contribution is 0.504. The number of anilines is 1. The predicted molar refractivity (Wildman–Crippen MR) is 73.8 cm³/mol. The summed E-state index contributed by atoms with van der Waals surface area (Å²) in [5.41, 5.74) is 2.52. The molecule has 1 aliphatic carbocycles. The standard InChI is InChI=1S/C14H18BrN/c1-11-7-8-13(15)14(9-11)16-10-12-5-3-2-4-6-12/h2-3,7-9,12,16H,4-6,10H2,1H3. The van der Waals surface area contributed by atoms with Crippen molar-refractivity contribution in [3.8, 4) is 0 Å². The van der Waals surface area contributed by atoms with Crippen LogP contribution in [-0.2, 0) is 0 Å². The lowest BCUT2D eigenvalue weighted by atomic mass is 9.94. The average Bonchev–Trinajstić information content (AvgIpc) is 2.32. The first-order valence-corrected chi connectivity index (χ1v) is 6.70. The molecule has 0 amide bonds. The molecule has 0 radical (unpaired) electrons. The molecular weight excluding hydrogens is 262 g/mol. The Hall–Kier alpha value is -0.760. The van der Waals surface area contributed by atoms with Crippen LogP contribution in [0.3, 0.4) is 0 Å². The van der Waals surface area contributed by atoms with Crippen molar-refractivity contribution in [3.05, 3.63) is 40.4 Å². The van der Waals surface area contributed by atoms with Gasteiger partial charge in [-0.2, -0.15) is 0 Å². The molecule has 1 aromatic rings. The third-order valence-electron chi connectivity index (χ3n) is 3.08. The normalized spacial score (nSPS) is 19.8. The Morgan fingerprint density at radius 3 is 3.00 bits per heavy atom. The Morgan fingerprint density at radius 2 is 2.25 bits per heavy atom. The van der Waals surface area contributed by atoms with Crippen LogP contribution in [0.15, 0.2) is 34.8 Å². The zero-order valence-electron chi connectivity index (χ0n) is 9.67. The van der Waals surface area contributed by atoms with Crippen molar-refractivity contribution in [2.24, 2.45) is 5.92 Å². The molecule has 0 saturated heterocycles. The maximum absolute atomic E-state index is 3.58. The summed E-state index contributed by atoms with van der Waals surface area (Å²) in [6, 6.07) is 6.43. The zero-order chi connectivity index (χ0) is 11.4. The summed E-state index contributed by atoms with van der Waals surface area (Å²) in [5.74, 6) is 0.789. The Morgan fingerprint density at radius 1 is 1.38 bits per heavy atom. The summed E-state index contributed by atoms with van der Waals surface area (Å²) >= 11 is 3.58. The van der Waals surface area contributed by atoms with Crippen molar-refractivity contribution in [2.45, 2.75) is 26.2 Å².